The highest BCUT2D eigenvalue weighted by Crippen LogP contribution is 2.28. The van der Waals surface area contributed by atoms with E-state index >= 15 is 0 Å². The van der Waals surface area contributed by atoms with Gasteiger partial charge in [-0.3, -0.25) is 4.68 Å². The van der Waals surface area contributed by atoms with E-state index in [9.17, 15) is 0 Å². The summed E-state index contributed by atoms with van der Waals surface area (Å²) in [5.41, 5.74) is 2.71. The van der Waals surface area contributed by atoms with E-state index in [1.54, 1.807) is 0 Å². The van der Waals surface area contributed by atoms with Gasteiger partial charge < -0.3 is 9.84 Å². The standard InChI is InChI=1S/C13H19N5O/c1-9-16-13(17-19-9)6-7-14-11-4-3-5-12-10(11)8-15-18(12)2/h8,11,14H,3-7H2,1-2H3. The van der Waals surface area contributed by atoms with Gasteiger partial charge in [0.1, 0.15) is 0 Å². The molecule has 0 bridgehead atoms. The van der Waals surface area contributed by atoms with Crippen molar-refractivity contribution in [3.63, 3.8) is 0 Å². The zero-order chi connectivity index (χ0) is 13.2. The molecule has 0 spiro atoms. The molecule has 2 aromatic rings. The topological polar surface area (TPSA) is 68.8 Å². The Labute approximate surface area is 112 Å². The first kappa shape index (κ1) is 12.3. The van der Waals surface area contributed by atoms with Crippen LogP contribution in [0.2, 0.25) is 0 Å². The molecule has 3 rings (SSSR count). The van der Waals surface area contributed by atoms with Crippen LogP contribution in [-0.2, 0) is 19.9 Å². The molecular formula is C13H19N5O. The number of hydrogen-bond acceptors (Lipinski definition) is 5. The number of rotatable bonds is 4. The number of nitrogens with zero attached hydrogens (tertiary/aromatic N) is 4. The van der Waals surface area contributed by atoms with E-state index in [0.29, 0.717) is 11.9 Å². The van der Waals surface area contributed by atoms with Crippen LogP contribution >= 0.6 is 0 Å². The molecule has 0 saturated carbocycles. The first-order chi connectivity index (χ1) is 9.24. The zero-order valence-corrected chi connectivity index (χ0v) is 11.4. The van der Waals surface area contributed by atoms with E-state index in [1.807, 2.05) is 24.9 Å². The summed E-state index contributed by atoms with van der Waals surface area (Å²) in [4.78, 5) is 4.21. The number of nitrogens with one attached hydrogen (secondary N) is 1. The van der Waals surface area contributed by atoms with Crippen LogP contribution in [0.3, 0.4) is 0 Å². The minimum absolute atomic E-state index is 0.408. The largest absolute Gasteiger partial charge is 0.340 e. The second kappa shape index (κ2) is 5.13. The average molecular weight is 261 g/mol. The molecule has 0 amide bonds. The highest BCUT2D eigenvalue weighted by molar-refractivity contribution is 5.24. The summed E-state index contributed by atoms with van der Waals surface area (Å²) in [6.45, 7) is 2.67. The SMILES string of the molecule is Cc1nc(CCNC2CCCc3c2cnn3C)no1. The van der Waals surface area contributed by atoms with Crippen molar-refractivity contribution in [1.29, 1.82) is 0 Å². The van der Waals surface area contributed by atoms with E-state index in [-0.39, 0.29) is 0 Å². The Balaban J connectivity index is 1.59. The van der Waals surface area contributed by atoms with Crippen molar-refractivity contribution in [3.8, 4) is 0 Å². The lowest BCUT2D eigenvalue weighted by molar-refractivity contribution is 0.385. The number of hydrogen-bond donors (Lipinski definition) is 1. The maximum Gasteiger partial charge on any atom is 0.223 e. The van der Waals surface area contributed by atoms with E-state index in [2.05, 4.69) is 20.6 Å². The summed E-state index contributed by atoms with van der Waals surface area (Å²) in [6, 6.07) is 0.408. The third-order valence-corrected chi connectivity index (χ3v) is 3.68. The van der Waals surface area contributed by atoms with Crippen LogP contribution in [0.4, 0.5) is 0 Å². The van der Waals surface area contributed by atoms with Gasteiger partial charge in [-0.1, -0.05) is 5.16 Å². The summed E-state index contributed by atoms with van der Waals surface area (Å²) in [5, 5.41) is 11.8. The van der Waals surface area contributed by atoms with Gasteiger partial charge in [-0.05, 0) is 19.3 Å². The van der Waals surface area contributed by atoms with Crippen LogP contribution in [0.5, 0.6) is 0 Å². The maximum atomic E-state index is 4.96. The predicted molar refractivity (Wildman–Crippen MR) is 69.6 cm³/mol. The number of fused-ring (bicyclic) bond motifs is 1. The summed E-state index contributed by atoms with van der Waals surface area (Å²) in [5.74, 6) is 1.40. The molecule has 2 aromatic heterocycles. The molecule has 1 unspecified atom stereocenters. The Kier molecular flexibility index (Phi) is 3.33. The van der Waals surface area contributed by atoms with Gasteiger partial charge in [-0.25, -0.2) is 0 Å². The average Bonchev–Trinajstić information content (AvgIpc) is 2.98. The Bertz CT molecular complexity index is 559. The Morgan fingerprint density at radius 2 is 2.42 bits per heavy atom. The monoisotopic (exact) mass is 261 g/mol. The van der Waals surface area contributed by atoms with Crippen LogP contribution in [0.15, 0.2) is 10.7 Å². The van der Waals surface area contributed by atoms with Crippen molar-refractivity contribution < 1.29 is 4.52 Å². The summed E-state index contributed by atoms with van der Waals surface area (Å²) < 4.78 is 6.96. The Morgan fingerprint density at radius 1 is 1.53 bits per heavy atom. The molecular weight excluding hydrogens is 242 g/mol. The van der Waals surface area contributed by atoms with Crippen molar-refractivity contribution in [2.45, 2.75) is 38.6 Å². The molecule has 0 aliphatic heterocycles. The van der Waals surface area contributed by atoms with Crippen LogP contribution in [0.25, 0.3) is 0 Å². The molecule has 0 fully saturated rings. The molecule has 0 aromatic carbocycles. The molecule has 6 nitrogen and oxygen atoms in total. The van der Waals surface area contributed by atoms with Gasteiger partial charge >= 0.3 is 0 Å². The normalized spacial score (nSPS) is 18.5. The fourth-order valence-corrected chi connectivity index (χ4v) is 2.72. The van der Waals surface area contributed by atoms with Crippen LogP contribution in [0, 0.1) is 6.92 Å². The van der Waals surface area contributed by atoms with E-state index in [4.69, 9.17) is 4.52 Å². The zero-order valence-electron chi connectivity index (χ0n) is 11.4. The molecule has 102 valence electrons. The van der Waals surface area contributed by atoms with Gasteiger partial charge in [0.15, 0.2) is 5.82 Å². The Hall–Kier alpha value is -1.69. The van der Waals surface area contributed by atoms with Gasteiger partial charge in [0.2, 0.25) is 5.89 Å². The quantitative estimate of drug-likeness (QED) is 0.899. The van der Waals surface area contributed by atoms with Gasteiger partial charge in [0.05, 0.1) is 6.20 Å². The molecule has 6 heteroatoms. The third-order valence-electron chi connectivity index (χ3n) is 3.68. The van der Waals surface area contributed by atoms with Gasteiger partial charge in [-0.15, -0.1) is 0 Å². The lowest BCUT2D eigenvalue weighted by Crippen LogP contribution is -2.27. The molecule has 1 aliphatic carbocycles. The molecule has 2 heterocycles. The smallest absolute Gasteiger partial charge is 0.223 e. The first-order valence-electron chi connectivity index (χ1n) is 6.77. The third kappa shape index (κ3) is 2.53. The number of aryl methyl sites for hydroxylation is 2. The second-order valence-corrected chi connectivity index (χ2v) is 5.05. The van der Waals surface area contributed by atoms with Crippen LogP contribution in [-0.4, -0.2) is 26.5 Å². The molecule has 0 saturated heterocycles. The summed E-state index contributed by atoms with van der Waals surface area (Å²) in [6.07, 6.45) is 6.30. The van der Waals surface area contributed by atoms with E-state index < -0.39 is 0 Å². The van der Waals surface area contributed by atoms with Crippen molar-refractivity contribution >= 4 is 0 Å². The Morgan fingerprint density at radius 3 is 3.21 bits per heavy atom. The molecule has 0 radical (unpaired) electrons. The lowest BCUT2D eigenvalue weighted by Gasteiger charge is -2.23. The molecule has 1 aliphatic rings. The minimum atomic E-state index is 0.408. The second-order valence-electron chi connectivity index (χ2n) is 5.05. The van der Waals surface area contributed by atoms with Crippen molar-refractivity contribution in [2.75, 3.05) is 6.54 Å². The van der Waals surface area contributed by atoms with Crippen molar-refractivity contribution in [2.24, 2.45) is 7.05 Å². The fraction of sp³-hybridized carbons (Fsp3) is 0.615. The van der Waals surface area contributed by atoms with Crippen molar-refractivity contribution in [1.82, 2.24) is 25.2 Å². The molecule has 1 atom stereocenters. The van der Waals surface area contributed by atoms with Gasteiger partial charge in [0, 0.05) is 44.2 Å². The fourth-order valence-electron chi connectivity index (χ4n) is 2.72. The van der Waals surface area contributed by atoms with Crippen LogP contribution in [0.1, 0.15) is 41.9 Å². The van der Waals surface area contributed by atoms with E-state index in [1.165, 1.54) is 24.1 Å². The number of aromatic nitrogens is 4. The molecule has 19 heavy (non-hydrogen) atoms. The van der Waals surface area contributed by atoms with Crippen molar-refractivity contribution in [3.05, 3.63) is 29.2 Å². The highest BCUT2D eigenvalue weighted by Gasteiger charge is 2.22. The van der Waals surface area contributed by atoms with Gasteiger partial charge in [-0.2, -0.15) is 10.1 Å². The lowest BCUT2D eigenvalue weighted by atomic mass is 9.93. The van der Waals surface area contributed by atoms with Gasteiger partial charge in [0.25, 0.3) is 0 Å². The molecule has 1 N–H and O–H groups in total. The summed E-state index contributed by atoms with van der Waals surface area (Å²) >= 11 is 0. The predicted octanol–water partition coefficient (Wildman–Crippen LogP) is 1.32. The first-order valence-corrected chi connectivity index (χ1v) is 6.77. The summed E-state index contributed by atoms with van der Waals surface area (Å²) in [7, 11) is 2.02. The van der Waals surface area contributed by atoms with E-state index in [0.717, 1.165) is 25.2 Å². The minimum Gasteiger partial charge on any atom is -0.340 e. The van der Waals surface area contributed by atoms with Crippen LogP contribution < -0.4 is 5.32 Å². The highest BCUT2D eigenvalue weighted by atomic mass is 16.5. The maximum absolute atomic E-state index is 4.96.